The summed E-state index contributed by atoms with van der Waals surface area (Å²) in [4.78, 5) is 15.9. The van der Waals surface area contributed by atoms with Crippen LogP contribution in [-0.2, 0) is 0 Å². The van der Waals surface area contributed by atoms with Crippen molar-refractivity contribution >= 4 is 5.69 Å². The molecule has 0 fully saturated rings. The third kappa shape index (κ3) is 0.941. The summed E-state index contributed by atoms with van der Waals surface area (Å²) in [6.45, 7) is 0. The number of hydrogen-bond acceptors (Lipinski definition) is 2. The molecule has 1 heterocycles. The third-order valence-electron chi connectivity index (χ3n) is 0.911. The Hall–Kier alpha value is -1.63. The predicted molar refractivity (Wildman–Crippen MR) is 31.8 cm³/mol. The normalized spacial score (nSPS) is 8.33. The van der Waals surface area contributed by atoms with Crippen molar-refractivity contribution in [1.82, 2.24) is 4.98 Å². The van der Waals surface area contributed by atoms with Gasteiger partial charge in [0.1, 0.15) is 6.20 Å². The van der Waals surface area contributed by atoms with Crippen molar-refractivity contribution in [3.05, 3.63) is 33.7 Å². The smallest absolute Gasteiger partial charge is 0.361 e. The van der Waals surface area contributed by atoms with E-state index in [4.69, 9.17) is 5.39 Å². The van der Waals surface area contributed by atoms with E-state index in [9.17, 15) is 4.79 Å². The fourth-order valence-electron chi connectivity index (χ4n) is 0.486. The highest BCUT2D eigenvalue weighted by Crippen LogP contribution is 1.97. The third-order valence-corrected chi connectivity index (χ3v) is 0.911. The van der Waals surface area contributed by atoms with Crippen molar-refractivity contribution in [3.8, 4) is 0 Å². The monoisotopic (exact) mass is 122 g/mol. The van der Waals surface area contributed by atoms with Crippen molar-refractivity contribution < 1.29 is 0 Å². The summed E-state index contributed by atoms with van der Waals surface area (Å²) in [5.74, 6) is 0. The van der Waals surface area contributed by atoms with Crippen LogP contribution in [0.3, 0.4) is 0 Å². The van der Waals surface area contributed by atoms with E-state index in [0.29, 0.717) is 0 Å². The predicted octanol–water partition coefficient (Wildman–Crippen LogP) is 0.859. The molecule has 0 aliphatic carbocycles. The molecule has 0 bridgehead atoms. The largest absolute Gasteiger partial charge is 0.447 e. The number of diazo groups is 1. The topological polar surface area (TPSA) is 61.0 Å². The van der Waals surface area contributed by atoms with Crippen LogP contribution < -0.4 is 5.43 Å². The highest BCUT2D eigenvalue weighted by Gasteiger charge is 2.06. The summed E-state index contributed by atoms with van der Waals surface area (Å²) in [7, 11) is 0. The molecule has 0 radical (unpaired) electrons. The second kappa shape index (κ2) is 2.09. The Labute approximate surface area is 50.8 Å². The van der Waals surface area contributed by atoms with E-state index >= 15 is 0 Å². The van der Waals surface area contributed by atoms with Gasteiger partial charge in [-0.05, 0) is 0 Å². The first-order valence-electron chi connectivity index (χ1n) is 2.37. The lowest BCUT2D eigenvalue weighted by atomic mass is 10.4. The molecule has 0 aromatic carbocycles. The summed E-state index contributed by atoms with van der Waals surface area (Å²) in [6.07, 6.45) is 2.79. The second-order valence-electron chi connectivity index (χ2n) is 1.49. The van der Waals surface area contributed by atoms with Gasteiger partial charge in [-0.25, -0.2) is 0 Å². The molecule has 0 unspecified atom stereocenters. The van der Waals surface area contributed by atoms with E-state index in [1.54, 1.807) is 0 Å². The minimum Gasteiger partial charge on any atom is -0.361 e. The molecule has 0 spiro atoms. The minimum absolute atomic E-state index is 0.0255. The van der Waals surface area contributed by atoms with E-state index in [1.165, 1.54) is 18.5 Å². The second-order valence-corrected chi connectivity index (χ2v) is 1.49. The van der Waals surface area contributed by atoms with Crippen LogP contribution in [0, 0.1) is 5.39 Å². The van der Waals surface area contributed by atoms with Crippen LogP contribution >= 0.6 is 0 Å². The molecule has 0 amide bonds. The maximum absolute atomic E-state index is 10.6. The lowest BCUT2D eigenvalue weighted by Crippen LogP contribution is -1.95. The zero-order valence-corrected chi connectivity index (χ0v) is 4.53. The Balaban J connectivity index is 3.38. The molecule has 1 aromatic rings. The number of rotatable bonds is 0. The molecule has 9 heavy (non-hydrogen) atoms. The quantitative estimate of drug-likeness (QED) is 0.518. The molecule has 0 saturated heterocycles. The zero-order valence-electron chi connectivity index (χ0n) is 4.53. The van der Waals surface area contributed by atoms with E-state index in [0.717, 1.165) is 0 Å². The molecule has 1 rings (SSSR count). The van der Waals surface area contributed by atoms with Gasteiger partial charge in [0.2, 0.25) is 5.39 Å². The summed E-state index contributed by atoms with van der Waals surface area (Å²) >= 11 is 0. The maximum Gasteiger partial charge on any atom is 0.447 e. The highest BCUT2D eigenvalue weighted by atomic mass is 16.1. The van der Waals surface area contributed by atoms with Crippen LogP contribution in [0.4, 0.5) is 5.69 Å². The highest BCUT2D eigenvalue weighted by molar-refractivity contribution is 5.39. The Morgan fingerprint density at radius 1 is 1.67 bits per heavy atom. The standard InChI is InChI=1S/C5H3N3O/c6-8-4-3-7-2-1-5(4)9/h1-3H/p+1. The van der Waals surface area contributed by atoms with Gasteiger partial charge < -0.3 is 4.98 Å². The molecule has 4 heteroatoms. The summed E-state index contributed by atoms with van der Waals surface area (Å²) in [5.41, 5.74) is -0.270. The molecular weight excluding hydrogens is 118 g/mol. The van der Waals surface area contributed by atoms with Crippen LogP contribution in [0.25, 0.3) is 4.98 Å². The van der Waals surface area contributed by atoms with Gasteiger partial charge in [-0.2, -0.15) is 0 Å². The summed E-state index contributed by atoms with van der Waals surface area (Å²) < 4.78 is 0. The minimum atomic E-state index is -0.295. The van der Waals surface area contributed by atoms with Gasteiger partial charge in [0.25, 0.3) is 5.43 Å². The first kappa shape index (κ1) is 5.51. The number of pyridine rings is 1. The first-order valence-corrected chi connectivity index (χ1v) is 2.37. The fourth-order valence-corrected chi connectivity index (χ4v) is 0.486. The van der Waals surface area contributed by atoms with E-state index < -0.39 is 0 Å². The lowest BCUT2D eigenvalue weighted by Gasteiger charge is -1.72. The van der Waals surface area contributed by atoms with Gasteiger partial charge >= 0.3 is 5.69 Å². The lowest BCUT2D eigenvalue weighted by molar-refractivity contribution is 1.30. The van der Waals surface area contributed by atoms with Gasteiger partial charge in [-0.1, -0.05) is 0 Å². The molecule has 0 saturated carbocycles. The molecule has 44 valence electrons. The SMILES string of the molecule is N#[N+]c1c[nH]ccc1=O. The van der Waals surface area contributed by atoms with Crippen molar-refractivity contribution in [2.75, 3.05) is 0 Å². The Morgan fingerprint density at radius 2 is 2.44 bits per heavy atom. The van der Waals surface area contributed by atoms with Crippen LogP contribution in [0.5, 0.6) is 0 Å². The first-order chi connectivity index (χ1) is 4.34. The number of nitrogens with one attached hydrogen (secondary N) is 1. The number of aromatic nitrogens is 1. The van der Waals surface area contributed by atoms with Gasteiger partial charge in [0, 0.05) is 12.3 Å². The number of H-pyrrole nitrogens is 1. The van der Waals surface area contributed by atoms with Gasteiger partial charge in [0.05, 0.1) is 0 Å². The number of aromatic amines is 1. The summed E-state index contributed by atoms with van der Waals surface area (Å²) in [6, 6.07) is 1.29. The molecule has 0 aliphatic rings. The van der Waals surface area contributed by atoms with Gasteiger partial charge in [-0.3, -0.25) is 4.79 Å². The van der Waals surface area contributed by atoms with E-state index in [2.05, 4.69) is 9.96 Å². The maximum atomic E-state index is 10.6. The molecular formula is C5H4N3O+. The Kier molecular flexibility index (Phi) is 1.28. The molecule has 1 aromatic heterocycles. The van der Waals surface area contributed by atoms with Crippen LogP contribution in [0.1, 0.15) is 0 Å². The molecule has 0 aliphatic heterocycles. The summed E-state index contributed by atoms with van der Waals surface area (Å²) in [5, 5.41) is 8.12. The Bertz CT molecular complexity index is 296. The Morgan fingerprint density at radius 3 is 2.89 bits per heavy atom. The van der Waals surface area contributed by atoms with Crippen molar-refractivity contribution in [3.63, 3.8) is 0 Å². The number of hydrogen-bond donors (Lipinski definition) is 1. The van der Waals surface area contributed by atoms with Crippen molar-refractivity contribution in [1.29, 1.82) is 5.39 Å². The van der Waals surface area contributed by atoms with Gasteiger partial charge in [-0.15, -0.1) is 0 Å². The fraction of sp³-hybridized carbons (Fsp3) is 0. The molecule has 0 atom stereocenters. The van der Waals surface area contributed by atoms with Crippen molar-refractivity contribution in [2.24, 2.45) is 0 Å². The average molecular weight is 122 g/mol. The molecule has 4 nitrogen and oxygen atoms in total. The van der Waals surface area contributed by atoms with E-state index in [1.807, 2.05) is 0 Å². The van der Waals surface area contributed by atoms with Crippen LogP contribution in [-0.4, -0.2) is 4.98 Å². The van der Waals surface area contributed by atoms with Crippen molar-refractivity contribution in [2.45, 2.75) is 0 Å². The van der Waals surface area contributed by atoms with Crippen LogP contribution in [0.2, 0.25) is 0 Å². The molecule has 1 N–H and O–H groups in total. The number of nitrogens with zero attached hydrogens (tertiary/aromatic N) is 2. The van der Waals surface area contributed by atoms with Crippen LogP contribution in [0.15, 0.2) is 23.3 Å². The zero-order chi connectivity index (χ0) is 6.69. The average Bonchev–Trinajstić information content (AvgIpc) is 1.89. The van der Waals surface area contributed by atoms with E-state index in [-0.39, 0.29) is 11.1 Å². The van der Waals surface area contributed by atoms with Gasteiger partial charge in [0.15, 0.2) is 4.98 Å².